The maximum Gasteiger partial charge on any atom is 0.134 e. The predicted octanol–water partition coefficient (Wildman–Crippen LogP) is 3.68. The highest BCUT2D eigenvalue weighted by Gasteiger charge is 2.23. The van der Waals surface area contributed by atoms with Crippen molar-refractivity contribution in [1.29, 1.82) is 5.26 Å². The van der Waals surface area contributed by atoms with Crippen molar-refractivity contribution in [1.82, 2.24) is 15.2 Å². The predicted molar refractivity (Wildman–Crippen MR) is 119 cm³/mol. The maximum atomic E-state index is 15.4. The molecular weight excluding hydrogens is 391 g/mol. The van der Waals surface area contributed by atoms with Crippen LogP contribution in [-0.2, 0) is 13.6 Å². The number of hydrogen-bond donors (Lipinski definition) is 2. The normalized spacial score (nSPS) is 12.8. The molecule has 0 saturated heterocycles. The average Bonchev–Trinajstić information content (AvgIpc) is 3.18. The minimum Gasteiger partial charge on any atom is -0.325 e. The van der Waals surface area contributed by atoms with Crippen LogP contribution in [0, 0.1) is 17.1 Å². The fraction of sp³-hybridized carbons (Fsp3) is 0.125. The molecule has 3 N–H and O–H groups in total. The van der Waals surface area contributed by atoms with Gasteiger partial charge in [0.25, 0.3) is 0 Å². The summed E-state index contributed by atoms with van der Waals surface area (Å²) in [5.74, 6) is -0.452. The average molecular weight is 410 g/mol. The number of hydrazone groups is 1. The number of nitrogens with zero attached hydrogens (tertiary/aromatic N) is 4. The molecule has 1 aliphatic rings. The van der Waals surface area contributed by atoms with Crippen LogP contribution in [0.4, 0.5) is 4.39 Å². The Morgan fingerprint density at radius 2 is 2.03 bits per heavy atom. The van der Waals surface area contributed by atoms with Gasteiger partial charge >= 0.3 is 0 Å². The van der Waals surface area contributed by atoms with E-state index in [1.807, 2.05) is 36.4 Å². The molecule has 0 amide bonds. The maximum absolute atomic E-state index is 15.4. The van der Waals surface area contributed by atoms with E-state index < -0.39 is 5.82 Å². The fourth-order valence-corrected chi connectivity index (χ4v) is 4.21. The number of nitrogens with two attached hydrogens (primary N) is 1. The van der Waals surface area contributed by atoms with Crippen LogP contribution in [-0.4, -0.2) is 22.0 Å². The summed E-state index contributed by atoms with van der Waals surface area (Å²) in [6.07, 6.45) is 1.70. The van der Waals surface area contributed by atoms with Gasteiger partial charge in [-0.05, 0) is 28.6 Å². The molecule has 0 unspecified atom stereocenters. The zero-order chi connectivity index (χ0) is 21.5. The summed E-state index contributed by atoms with van der Waals surface area (Å²) in [6, 6.07) is 17.0. The van der Waals surface area contributed by atoms with Crippen LogP contribution in [0.25, 0.3) is 33.2 Å². The number of benzene rings is 3. The first-order valence-electron chi connectivity index (χ1n) is 9.89. The van der Waals surface area contributed by atoms with Gasteiger partial charge in [0.05, 0.1) is 35.3 Å². The van der Waals surface area contributed by atoms with Crippen LogP contribution in [0.3, 0.4) is 0 Å². The number of halogens is 1. The molecule has 0 saturated carbocycles. The number of fused-ring (bicyclic) bond motifs is 2. The largest absolute Gasteiger partial charge is 0.325 e. The second-order valence-electron chi connectivity index (χ2n) is 7.44. The quantitative estimate of drug-likeness (QED) is 0.539. The molecule has 0 spiro atoms. The molecule has 1 aliphatic heterocycles. The van der Waals surface area contributed by atoms with Gasteiger partial charge in [-0.25, -0.2) is 4.39 Å². The van der Waals surface area contributed by atoms with Crippen molar-refractivity contribution in [3.05, 3.63) is 77.2 Å². The summed E-state index contributed by atoms with van der Waals surface area (Å²) in [6.45, 7) is 0.929. The second kappa shape index (κ2) is 7.35. The number of aromatic nitrogens is 2. The van der Waals surface area contributed by atoms with Crippen LogP contribution in [0.15, 0.2) is 59.8 Å². The summed E-state index contributed by atoms with van der Waals surface area (Å²) < 4.78 is 17.0. The third-order valence-corrected chi connectivity index (χ3v) is 5.70. The molecule has 152 valence electrons. The van der Waals surface area contributed by atoms with Crippen LogP contribution in [0.1, 0.15) is 16.7 Å². The molecule has 7 heteroatoms. The van der Waals surface area contributed by atoms with E-state index in [4.69, 9.17) is 5.73 Å². The van der Waals surface area contributed by atoms with Crippen LogP contribution < -0.4 is 11.2 Å². The van der Waals surface area contributed by atoms with E-state index in [2.05, 4.69) is 21.7 Å². The Balaban J connectivity index is 1.76. The monoisotopic (exact) mass is 410 g/mol. The lowest BCUT2D eigenvalue weighted by Gasteiger charge is -2.18. The highest BCUT2D eigenvalue weighted by atomic mass is 19.1. The zero-order valence-corrected chi connectivity index (χ0v) is 16.9. The summed E-state index contributed by atoms with van der Waals surface area (Å²) in [5, 5.41) is 20.0. The third-order valence-electron chi connectivity index (χ3n) is 5.70. The highest BCUT2D eigenvalue weighted by molar-refractivity contribution is 6.05. The molecule has 0 aliphatic carbocycles. The van der Waals surface area contributed by atoms with Gasteiger partial charge in [-0.3, -0.25) is 4.68 Å². The van der Waals surface area contributed by atoms with Gasteiger partial charge in [-0.15, -0.1) is 0 Å². The molecule has 5 rings (SSSR count). The first kappa shape index (κ1) is 19.0. The van der Waals surface area contributed by atoms with E-state index in [1.165, 1.54) is 6.07 Å². The van der Waals surface area contributed by atoms with Crippen molar-refractivity contribution < 1.29 is 4.39 Å². The smallest absolute Gasteiger partial charge is 0.134 e. The number of hydrogen-bond acceptors (Lipinski definition) is 5. The highest BCUT2D eigenvalue weighted by Crippen LogP contribution is 2.38. The Hall–Kier alpha value is -4.02. The van der Waals surface area contributed by atoms with Crippen molar-refractivity contribution >= 4 is 16.5 Å². The van der Waals surface area contributed by atoms with Gasteiger partial charge < -0.3 is 11.2 Å². The zero-order valence-electron chi connectivity index (χ0n) is 16.9. The van der Waals surface area contributed by atoms with Gasteiger partial charge in [-0.1, -0.05) is 36.4 Å². The Morgan fingerprint density at radius 3 is 2.84 bits per heavy atom. The Morgan fingerprint density at radius 1 is 1.19 bits per heavy atom. The topological polar surface area (TPSA) is 92.0 Å². The number of nitriles is 1. The van der Waals surface area contributed by atoms with Crippen molar-refractivity contribution in [2.24, 2.45) is 17.9 Å². The molecule has 31 heavy (non-hydrogen) atoms. The van der Waals surface area contributed by atoms with Crippen molar-refractivity contribution in [2.45, 2.75) is 6.54 Å². The SMILES string of the molecule is Cn1ncc(-c2ccc3c(c2)C(CN)=NNC3)c1-c1c(F)cc2ccccc2c1C#N. The summed E-state index contributed by atoms with van der Waals surface area (Å²) >= 11 is 0. The molecule has 0 radical (unpaired) electrons. The molecule has 1 aromatic heterocycles. The molecular formula is C24H19FN6. The van der Waals surface area contributed by atoms with E-state index in [9.17, 15) is 5.26 Å². The first-order chi connectivity index (χ1) is 15.1. The fourth-order valence-electron chi connectivity index (χ4n) is 4.21. The molecule has 0 atom stereocenters. The number of aryl methyl sites for hydroxylation is 1. The number of rotatable bonds is 3. The molecule has 0 fully saturated rings. The number of nitrogens with one attached hydrogen (secondary N) is 1. The van der Waals surface area contributed by atoms with E-state index >= 15 is 4.39 Å². The van der Waals surface area contributed by atoms with Gasteiger partial charge in [0.15, 0.2) is 0 Å². The molecule has 6 nitrogen and oxygen atoms in total. The van der Waals surface area contributed by atoms with Crippen molar-refractivity contribution in [2.75, 3.05) is 6.54 Å². The van der Waals surface area contributed by atoms with Gasteiger partial charge in [-0.2, -0.15) is 15.5 Å². The van der Waals surface area contributed by atoms with Crippen molar-refractivity contribution in [3.63, 3.8) is 0 Å². The lowest BCUT2D eigenvalue weighted by molar-refractivity contribution is 0.629. The minimum atomic E-state index is -0.452. The standard InChI is InChI=1S/C24H19FN6/c1-31-24(23-19(10-26)17-5-3-2-4-14(17)9-21(23)25)20(13-29-31)15-6-7-16-12-28-30-22(11-27)18(16)8-15/h2-9,13,28H,11-12,27H2,1H3. The minimum absolute atomic E-state index is 0.253. The van der Waals surface area contributed by atoms with E-state index in [0.29, 0.717) is 35.1 Å². The summed E-state index contributed by atoms with van der Waals surface area (Å²) in [5.41, 5.74) is 14.4. The van der Waals surface area contributed by atoms with Crippen LogP contribution >= 0.6 is 0 Å². The second-order valence-corrected chi connectivity index (χ2v) is 7.44. The van der Waals surface area contributed by atoms with Crippen LogP contribution in [0.2, 0.25) is 0 Å². The van der Waals surface area contributed by atoms with Gasteiger partial charge in [0.1, 0.15) is 11.9 Å². The molecule has 0 bridgehead atoms. The van der Waals surface area contributed by atoms with Gasteiger partial charge in [0.2, 0.25) is 0 Å². The Kier molecular flexibility index (Phi) is 4.50. The van der Waals surface area contributed by atoms with E-state index in [-0.39, 0.29) is 5.56 Å². The lowest BCUT2D eigenvalue weighted by atomic mass is 9.91. The van der Waals surface area contributed by atoms with Crippen LogP contribution in [0.5, 0.6) is 0 Å². The molecule has 3 aromatic carbocycles. The first-order valence-corrected chi connectivity index (χ1v) is 9.89. The molecule has 4 aromatic rings. The van der Waals surface area contributed by atoms with E-state index in [1.54, 1.807) is 24.0 Å². The summed E-state index contributed by atoms with van der Waals surface area (Å²) in [7, 11) is 1.75. The molecule has 2 heterocycles. The van der Waals surface area contributed by atoms with Gasteiger partial charge in [0, 0.05) is 30.1 Å². The third kappa shape index (κ3) is 2.97. The van der Waals surface area contributed by atoms with E-state index in [0.717, 1.165) is 28.0 Å². The Bertz CT molecular complexity index is 1410. The summed E-state index contributed by atoms with van der Waals surface area (Å²) in [4.78, 5) is 0. The lowest BCUT2D eigenvalue weighted by Crippen LogP contribution is -2.26. The Labute approximate surface area is 178 Å². The van der Waals surface area contributed by atoms with Crippen molar-refractivity contribution in [3.8, 4) is 28.5 Å².